The highest BCUT2D eigenvalue weighted by atomic mass is 16.3. The Balaban J connectivity index is 0.000000176. The summed E-state index contributed by atoms with van der Waals surface area (Å²) >= 11 is 0. The minimum Gasteiger partial charge on any atom is -0.459 e. The van der Waals surface area contributed by atoms with Gasteiger partial charge >= 0.3 is 5.91 Å². The number of carbonyl (C=O) groups is 2. The maximum Gasteiger partial charge on any atom is 0.305 e. The molecule has 0 saturated heterocycles. The van der Waals surface area contributed by atoms with Gasteiger partial charge in [0.05, 0.1) is 11.8 Å². The molecule has 2 heterocycles. The number of furan rings is 1. The van der Waals surface area contributed by atoms with Crippen molar-refractivity contribution < 1.29 is 14.0 Å². The van der Waals surface area contributed by atoms with Gasteiger partial charge in [0.15, 0.2) is 5.76 Å². The molecule has 0 aliphatic rings. The summed E-state index contributed by atoms with van der Waals surface area (Å²) < 4.78 is 4.86. The highest BCUT2D eigenvalue weighted by Gasteiger charge is 2.10. The van der Waals surface area contributed by atoms with E-state index in [0.29, 0.717) is 5.56 Å². The molecule has 144 valence electrons. The maximum atomic E-state index is 11.5. The SMILES string of the molecule is O=C(NNC(=O)c1ccco1)c1cccnc1.c1ccc(-c2ccccc2)cc1. The van der Waals surface area contributed by atoms with Crippen LogP contribution in [0.5, 0.6) is 0 Å². The van der Waals surface area contributed by atoms with Gasteiger partial charge in [0.25, 0.3) is 5.91 Å². The van der Waals surface area contributed by atoms with E-state index in [9.17, 15) is 9.59 Å². The van der Waals surface area contributed by atoms with Crippen LogP contribution >= 0.6 is 0 Å². The number of hydrogen-bond donors (Lipinski definition) is 2. The van der Waals surface area contributed by atoms with Gasteiger partial charge in [-0.05, 0) is 35.4 Å². The van der Waals surface area contributed by atoms with Crippen LogP contribution in [0.25, 0.3) is 11.1 Å². The molecule has 6 heteroatoms. The van der Waals surface area contributed by atoms with Gasteiger partial charge in [0.2, 0.25) is 0 Å². The number of carbonyl (C=O) groups excluding carboxylic acids is 2. The Hall–Kier alpha value is -4.19. The van der Waals surface area contributed by atoms with Crippen LogP contribution in [-0.4, -0.2) is 16.8 Å². The molecule has 2 aromatic carbocycles. The minimum absolute atomic E-state index is 0.122. The molecule has 0 fully saturated rings. The number of hydrogen-bond acceptors (Lipinski definition) is 4. The molecule has 0 atom stereocenters. The van der Waals surface area contributed by atoms with Crippen molar-refractivity contribution in [3.8, 4) is 11.1 Å². The van der Waals surface area contributed by atoms with Crippen LogP contribution in [0, 0.1) is 0 Å². The van der Waals surface area contributed by atoms with Crippen LogP contribution in [0.15, 0.2) is 108 Å². The summed E-state index contributed by atoms with van der Waals surface area (Å²) in [5.41, 5.74) is 7.38. The van der Waals surface area contributed by atoms with Crippen molar-refractivity contribution in [2.75, 3.05) is 0 Å². The first-order valence-corrected chi connectivity index (χ1v) is 8.89. The summed E-state index contributed by atoms with van der Waals surface area (Å²) in [6.07, 6.45) is 4.32. The lowest BCUT2D eigenvalue weighted by Crippen LogP contribution is -2.41. The smallest absolute Gasteiger partial charge is 0.305 e. The van der Waals surface area contributed by atoms with E-state index in [1.54, 1.807) is 24.4 Å². The molecule has 29 heavy (non-hydrogen) atoms. The van der Waals surface area contributed by atoms with Crippen molar-refractivity contribution in [2.45, 2.75) is 0 Å². The lowest BCUT2D eigenvalue weighted by molar-refractivity contribution is 0.0830. The average molecular weight is 385 g/mol. The average Bonchev–Trinajstić information content (AvgIpc) is 3.35. The highest BCUT2D eigenvalue weighted by Crippen LogP contribution is 2.17. The quantitative estimate of drug-likeness (QED) is 0.520. The van der Waals surface area contributed by atoms with E-state index in [4.69, 9.17) is 4.42 Å². The molecule has 6 nitrogen and oxygen atoms in total. The number of amides is 2. The van der Waals surface area contributed by atoms with E-state index in [1.165, 1.54) is 29.7 Å². The standard InChI is InChI=1S/C12H10.C11H9N3O3/c1-3-7-11(8-4-1)12-9-5-2-6-10-12;15-10(8-3-1-5-12-7-8)13-14-11(16)9-4-2-6-17-9/h1-10H;1-7H,(H,13,15)(H,14,16). The van der Waals surface area contributed by atoms with Crippen LogP contribution in [0.2, 0.25) is 0 Å². The van der Waals surface area contributed by atoms with E-state index in [2.05, 4.69) is 64.4 Å². The van der Waals surface area contributed by atoms with Crippen molar-refractivity contribution in [1.29, 1.82) is 0 Å². The topological polar surface area (TPSA) is 84.2 Å². The predicted molar refractivity (Wildman–Crippen MR) is 110 cm³/mol. The molecule has 0 aliphatic heterocycles. The number of aromatic nitrogens is 1. The third-order valence-electron chi connectivity index (χ3n) is 3.84. The molecule has 4 aromatic rings. The first-order chi connectivity index (χ1) is 14.2. The van der Waals surface area contributed by atoms with Crippen molar-refractivity contribution >= 4 is 11.8 Å². The molecule has 2 amide bonds. The first-order valence-electron chi connectivity index (χ1n) is 8.89. The zero-order chi connectivity index (χ0) is 20.3. The van der Waals surface area contributed by atoms with E-state index in [0.717, 1.165) is 0 Å². The van der Waals surface area contributed by atoms with E-state index >= 15 is 0 Å². The lowest BCUT2D eigenvalue weighted by Gasteiger charge is -2.04. The third-order valence-corrected chi connectivity index (χ3v) is 3.84. The molecule has 4 rings (SSSR count). The van der Waals surface area contributed by atoms with Gasteiger partial charge in [-0.15, -0.1) is 0 Å². The Morgan fingerprint density at radius 3 is 1.83 bits per heavy atom. The second kappa shape index (κ2) is 10.2. The molecule has 2 N–H and O–H groups in total. The largest absolute Gasteiger partial charge is 0.459 e. The predicted octanol–water partition coefficient (Wildman–Crippen LogP) is 4.10. The van der Waals surface area contributed by atoms with Gasteiger partial charge in [0.1, 0.15) is 0 Å². The fourth-order valence-electron chi connectivity index (χ4n) is 2.41. The Bertz CT molecular complexity index is 981. The third kappa shape index (κ3) is 5.90. The van der Waals surface area contributed by atoms with Crippen LogP contribution < -0.4 is 10.9 Å². The van der Waals surface area contributed by atoms with Crippen LogP contribution in [0.1, 0.15) is 20.9 Å². The van der Waals surface area contributed by atoms with Gasteiger partial charge in [-0.25, -0.2) is 0 Å². The second-order valence-corrected chi connectivity index (χ2v) is 5.86. The second-order valence-electron chi connectivity index (χ2n) is 5.86. The fraction of sp³-hybridized carbons (Fsp3) is 0. The minimum atomic E-state index is -0.521. The summed E-state index contributed by atoms with van der Waals surface area (Å²) in [6.45, 7) is 0. The summed E-state index contributed by atoms with van der Waals surface area (Å²) in [7, 11) is 0. The summed E-state index contributed by atoms with van der Waals surface area (Å²) in [4.78, 5) is 26.7. The van der Waals surface area contributed by atoms with Crippen LogP contribution in [0.4, 0.5) is 0 Å². The van der Waals surface area contributed by atoms with Gasteiger partial charge in [-0.1, -0.05) is 60.7 Å². The molecule has 0 radical (unpaired) electrons. The highest BCUT2D eigenvalue weighted by molar-refractivity contribution is 5.97. The van der Waals surface area contributed by atoms with Crippen molar-refractivity contribution in [2.24, 2.45) is 0 Å². The van der Waals surface area contributed by atoms with E-state index in [1.807, 2.05) is 12.1 Å². The molecular formula is C23H19N3O3. The van der Waals surface area contributed by atoms with Gasteiger partial charge < -0.3 is 4.42 Å². The summed E-state index contributed by atoms with van der Waals surface area (Å²) in [6, 6.07) is 27.1. The number of hydrazine groups is 1. The number of benzene rings is 2. The monoisotopic (exact) mass is 385 g/mol. The normalized spacial score (nSPS) is 9.66. The zero-order valence-corrected chi connectivity index (χ0v) is 15.5. The molecule has 0 bridgehead atoms. The molecule has 0 unspecified atom stereocenters. The van der Waals surface area contributed by atoms with Crippen molar-refractivity contribution in [3.63, 3.8) is 0 Å². The number of nitrogens with zero attached hydrogens (tertiary/aromatic N) is 1. The van der Waals surface area contributed by atoms with Crippen molar-refractivity contribution in [3.05, 3.63) is 115 Å². The van der Waals surface area contributed by atoms with Gasteiger partial charge in [0, 0.05) is 12.4 Å². The Morgan fingerprint density at radius 1 is 0.690 bits per heavy atom. The molecule has 0 aliphatic carbocycles. The molecule has 2 aromatic heterocycles. The summed E-state index contributed by atoms with van der Waals surface area (Å²) in [5.74, 6) is -0.846. The van der Waals surface area contributed by atoms with Gasteiger partial charge in [-0.2, -0.15) is 0 Å². The zero-order valence-electron chi connectivity index (χ0n) is 15.5. The van der Waals surface area contributed by atoms with Gasteiger partial charge in [-0.3, -0.25) is 25.4 Å². The van der Waals surface area contributed by atoms with Crippen LogP contribution in [0.3, 0.4) is 0 Å². The number of rotatable bonds is 3. The first kappa shape index (κ1) is 19.6. The van der Waals surface area contributed by atoms with E-state index in [-0.39, 0.29) is 5.76 Å². The molecule has 0 spiro atoms. The fourth-order valence-corrected chi connectivity index (χ4v) is 2.41. The number of nitrogens with one attached hydrogen (secondary N) is 2. The lowest BCUT2D eigenvalue weighted by atomic mass is 10.1. The molecule has 0 saturated carbocycles. The number of pyridine rings is 1. The van der Waals surface area contributed by atoms with E-state index < -0.39 is 11.8 Å². The maximum absolute atomic E-state index is 11.5. The summed E-state index contributed by atoms with van der Waals surface area (Å²) in [5, 5.41) is 0. The Labute approximate surface area is 168 Å². The van der Waals surface area contributed by atoms with Crippen LogP contribution in [-0.2, 0) is 0 Å². The Morgan fingerprint density at radius 2 is 1.31 bits per heavy atom. The van der Waals surface area contributed by atoms with Crippen molar-refractivity contribution in [1.82, 2.24) is 15.8 Å². The molecular weight excluding hydrogens is 366 g/mol. The Kier molecular flexibility index (Phi) is 6.90.